The van der Waals surface area contributed by atoms with Crippen molar-refractivity contribution in [3.63, 3.8) is 0 Å². The van der Waals surface area contributed by atoms with E-state index >= 15 is 0 Å². The third kappa shape index (κ3) is 1.86. The second-order valence-corrected chi connectivity index (χ2v) is 4.31. The smallest absolute Gasteiger partial charge is 0.0761 e. The zero-order valence-corrected chi connectivity index (χ0v) is 9.13. The highest BCUT2D eigenvalue weighted by Gasteiger charge is 2.45. The quantitative estimate of drug-likeness (QED) is 0.685. The lowest BCUT2D eigenvalue weighted by Gasteiger charge is -2.37. The molecule has 0 aliphatic heterocycles. The van der Waals surface area contributed by atoms with Crippen molar-refractivity contribution in [2.24, 2.45) is 16.7 Å². The van der Waals surface area contributed by atoms with E-state index in [1.807, 2.05) is 13.0 Å². The van der Waals surface area contributed by atoms with Gasteiger partial charge in [0.05, 0.1) is 29.0 Å². The molecule has 0 aromatic heterocycles. The Balaban J connectivity index is 5.15. The zero-order valence-electron chi connectivity index (χ0n) is 9.13. The van der Waals surface area contributed by atoms with Crippen molar-refractivity contribution in [1.29, 1.82) is 15.8 Å². The molecule has 3 heteroatoms. The van der Waals surface area contributed by atoms with Crippen LogP contribution in [0.2, 0.25) is 0 Å². The third-order valence-electron chi connectivity index (χ3n) is 3.19. The van der Waals surface area contributed by atoms with Gasteiger partial charge in [-0.2, -0.15) is 15.8 Å². The van der Waals surface area contributed by atoms with Gasteiger partial charge < -0.3 is 0 Å². The normalized spacial score (nSPS) is 16.9. The average Bonchev–Trinajstić information content (AvgIpc) is 2.16. The Hall–Kier alpha value is -1.53. The highest BCUT2D eigenvalue weighted by Crippen LogP contribution is 2.44. The maximum absolute atomic E-state index is 9.14. The van der Waals surface area contributed by atoms with Crippen molar-refractivity contribution in [3.05, 3.63) is 0 Å². The van der Waals surface area contributed by atoms with Crippen molar-refractivity contribution < 1.29 is 0 Å². The van der Waals surface area contributed by atoms with E-state index in [-0.39, 0.29) is 5.92 Å². The van der Waals surface area contributed by atoms with Crippen LogP contribution in [-0.4, -0.2) is 0 Å². The molecule has 0 spiro atoms. The molecule has 0 saturated carbocycles. The second kappa shape index (κ2) is 4.12. The van der Waals surface area contributed by atoms with Crippen LogP contribution in [0.25, 0.3) is 0 Å². The third-order valence-corrected chi connectivity index (χ3v) is 3.19. The van der Waals surface area contributed by atoms with Crippen LogP contribution >= 0.6 is 0 Å². The van der Waals surface area contributed by atoms with Crippen LogP contribution in [0.4, 0.5) is 0 Å². The van der Waals surface area contributed by atoms with Gasteiger partial charge in [-0.1, -0.05) is 6.92 Å². The summed E-state index contributed by atoms with van der Waals surface area (Å²) in [7, 11) is 0. The lowest BCUT2D eigenvalue weighted by molar-refractivity contribution is 0.144. The van der Waals surface area contributed by atoms with Crippen molar-refractivity contribution in [3.8, 4) is 18.2 Å². The van der Waals surface area contributed by atoms with E-state index < -0.39 is 10.8 Å². The summed E-state index contributed by atoms with van der Waals surface area (Å²) >= 11 is 0. The molecule has 0 radical (unpaired) electrons. The van der Waals surface area contributed by atoms with Crippen LogP contribution < -0.4 is 0 Å². The number of hydrogen-bond donors (Lipinski definition) is 0. The summed E-state index contributed by atoms with van der Waals surface area (Å²) in [6.45, 7) is 7.07. The maximum atomic E-state index is 9.14. The molecule has 0 aromatic carbocycles. The molecule has 0 fully saturated rings. The number of rotatable bonds is 3. The average molecular weight is 189 g/mol. The molecule has 0 aliphatic carbocycles. The van der Waals surface area contributed by atoms with Crippen LogP contribution in [0.5, 0.6) is 0 Å². The minimum Gasteiger partial charge on any atom is -0.198 e. The first-order chi connectivity index (χ1) is 6.35. The van der Waals surface area contributed by atoms with Gasteiger partial charge in [0.25, 0.3) is 0 Å². The second-order valence-electron chi connectivity index (χ2n) is 4.31. The van der Waals surface area contributed by atoms with Crippen molar-refractivity contribution >= 4 is 0 Å². The first-order valence-corrected chi connectivity index (χ1v) is 4.55. The fourth-order valence-electron chi connectivity index (χ4n) is 1.32. The Kier molecular flexibility index (Phi) is 3.67. The first kappa shape index (κ1) is 12.5. The molecule has 14 heavy (non-hydrogen) atoms. The molecule has 0 aliphatic rings. The van der Waals surface area contributed by atoms with Crippen molar-refractivity contribution in [2.75, 3.05) is 0 Å². The topological polar surface area (TPSA) is 71.4 Å². The molecule has 0 bridgehead atoms. The molecule has 0 saturated heterocycles. The number of hydrogen-bond acceptors (Lipinski definition) is 3. The lowest BCUT2D eigenvalue weighted by Crippen LogP contribution is -2.38. The van der Waals surface area contributed by atoms with E-state index in [0.717, 1.165) is 0 Å². The molecule has 2 atom stereocenters. The predicted octanol–water partition coefficient (Wildman–Crippen LogP) is 2.62. The minimum atomic E-state index is -0.780. The van der Waals surface area contributed by atoms with Crippen molar-refractivity contribution in [2.45, 2.75) is 34.1 Å². The molecule has 0 rings (SSSR count). The van der Waals surface area contributed by atoms with Crippen LogP contribution in [-0.2, 0) is 0 Å². The van der Waals surface area contributed by atoms with E-state index in [0.29, 0.717) is 6.42 Å². The van der Waals surface area contributed by atoms with Gasteiger partial charge in [-0.3, -0.25) is 0 Å². The van der Waals surface area contributed by atoms with E-state index in [1.165, 1.54) is 0 Å². The molecular weight excluding hydrogens is 174 g/mol. The number of nitrogens with zero attached hydrogens (tertiary/aromatic N) is 3. The summed E-state index contributed by atoms with van der Waals surface area (Å²) in [5.74, 6) is -0.104. The molecular formula is C11H15N3. The van der Waals surface area contributed by atoms with Gasteiger partial charge in [0.1, 0.15) is 0 Å². The van der Waals surface area contributed by atoms with E-state index in [2.05, 4.69) is 12.1 Å². The van der Waals surface area contributed by atoms with Gasteiger partial charge in [0.15, 0.2) is 0 Å². The van der Waals surface area contributed by atoms with Crippen LogP contribution in [0.15, 0.2) is 0 Å². The summed E-state index contributed by atoms with van der Waals surface area (Å²) in [5, 5.41) is 26.7. The Morgan fingerprint density at radius 1 is 1.07 bits per heavy atom. The largest absolute Gasteiger partial charge is 0.198 e. The summed E-state index contributed by atoms with van der Waals surface area (Å²) < 4.78 is 0. The zero-order chi connectivity index (χ0) is 11.4. The van der Waals surface area contributed by atoms with Gasteiger partial charge >= 0.3 is 0 Å². The molecule has 3 nitrogen and oxygen atoms in total. The molecule has 0 heterocycles. The molecule has 0 aromatic rings. The van der Waals surface area contributed by atoms with Crippen LogP contribution in [0.1, 0.15) is 34.1 Å². The predicted molar refractivity (Wildman–Crippen MR) is 52.5 cm³/mol. The molecule has 0 N–H and O–H groups in total. The standard InChI is InChI=1S/C11H15N3/c1-9(5-6-12)11(4,8-14)10(2,3)7-13/h9H,5H2,1-4H3. The lowest BCUT2D eigenvalue weighted by atomic mass is 9.61. The number of nitriles is 3. The fraction of sp³-hybridized carbons (Fsp3) is 0.727. The van der Waals surface area contributed by atoms with Gasteiger partial charge in [-0.25, -0.2) is 0 Å². The highest BCUT2D eigenvalue weighted by molar-refractivity contribution is 5.15. The van der Waals surface area contributed by atoms with E-state index in [9.17, 15) is 0 Å². The summed E-state index contributed by atoms with van der Waals surface area (Å²) in [6, 6.07) is 6.36. The molecule has 0 amide bonds. The monoisotopic (exact) mass is 189 g/mol. The van der Waals surface area contributed by atoms with Gasteiger partial charge in [-0.15, -0.1) is 0 Å². The summed E-state index contributed by atoms with van der Waals surface area (Å²) in [5.41, 5.74) is -1.52. The van der Waals surface area contributed by atoms with Crippen LogP contribution in [0, 0.1) is 50.7 Å². The fourth-order valence-corrected chi connectivity index (χ4v) is 1.32. The van der Waals surface area contributed by atoms with E-state index in [1.54, 1.807) is 20.8 Å². The maximum Gasteiger partial charge on any atom is 0.0761 e. The minimum absolute atomic E-state index is 0.104. The van der Waals surface area contributed by atoms with Gasteiger partial charge in [0, 0.05) is 6.42 Å². The Morgan fingerprint density at radius 3 is 1.86 bits per heavy atom. The highest BCUT2D eigenvalue weighted by atomic mass is 14.5. The Morgan fingerprint density at radius 2 is 1.57 bits per heavy atom. The van der Waals surface area contributed by atoms with Crippen molar-refractivity contribution in [1.82, 2.24) is 0 Å². The Labute approximate surface area is 85.6 Å². The SMILES string of the molecule is CC(CC#N)C(C)(C#N)C(C)(C)C#N. The molecule has 2 unspecified atom stereocenters. The Bertz CT molecular complexity index is 324. The van der Waals surface area contributed by atoms with Gasteiger partial charge in [-0.05, 0) is 26.7 Å². The van der Waals surface area contributed by atoms with E-state index in [4.69, 9.17) is 15.8 Å². The summed E-state index contributed by atoms with van der Waals surface area (Å²) in [4.78, 5) is 0. The summed E-state index contributed by atoms with van der Waals surface area (Å²) in [6.07, 6.45) is 0.301. The first-order valence-electron chi connectivity index (χ1n) is 4.55. The van der Waals surface area contributed by atoms with Gasteiger partial charge in [0.2, 0.25) is 0 Å². The molecule has 74 valence electrons. The van der Waals surface area contributed by atoms with Crippen LogP contribution in [0.3, 0.4) is 0 Å².